The molecule has 1 aliphatic heterocycles. The monoisotopic (exact) mass is 361 g/mol. The van der Waals surface area contributed by atoms with Gasteiger partial charge in [0, 0.05) is 20.2 Å². The molecule has 1 heterocycles. The summed E-state index contributed by atoms with van der Waals surface area (Å²) in [6.45, 7) is 1.74. The summed E-state index contributed by atoms with van der Waals surface area (Å²) in [5, 5.41) is 9.25. The molecule has 134 valence electrons. The molecule has 0 spiro atoms. The van der Waals surface area contributed by atoms with E-state index in [2.05, 4.69) is 0 Å². The molecule has 1 atom stereocenters. The highest BCUT2D eigenvalue weighted by Gasteiger charge is 2.45. The summed E-state index contributed by atoms with van der Waals surface area (Å²) in [5.74, 6) is -1.76. The molecule has 0 aromatic heterocycles. The number of carbonyl (C=O) groups is 1. The molecule has 1 fully saturated rings. The van der Waals surface area contributed by atoms with Crippen LogP contribution in [0.25, 0.3) is 0 Å². The molecular weight excluding hydrogens is 341 g/mol. The molecule has 1 N–H and O–H groups in total. The first kappa shape index (κ1) is 18.6. The van der Waals surface area contributed by atoms with Crippen molar-refractivity contribution in [1.29, 1.82) is 0 Å². The molecule has 0 bridgehead atoms. The number of halogens is 1. The highest BCUT2D eigenvalue weighted by molar-refractivity contribution is 7.89. The van der Waals surface area contributed by atoms with E-state index >= 15 is 0 Å². The average molecular weight is 361 g/mol. The van der Waals surface area contributed by atoms with Gasteiger partial charge in [-0.3, -0.25) is 4.79 Å². The fourth-order valence-electron chi connectivity index (χ4n) is 2.48. The molecule has 9 heteroatoms. The normalized spacial score (nSPS) is 21.8. The van der Waals surface area contributed by atoms with E-state index in [9.17, 15) is 22.7 Å². The van der Waals surface area contributed by atoms with E-state index in [0.717, 1.165) is 16.4 Å². The van der Waals surface area contributed by atoms with Crippen LogP contribution in [0.5, 0.6) is 5.75 Å². The molecule has 1 aliphatic rings. The fraction of sp³-hybridized carbons (Fsp3) is 0.533. The topological polar surface area (TPSA) is 93.1 Å². The van der Waals surface area contributed by atoms with Gasteiger partial charge in [-0.05, 0) is 31.5 Å². The number of rotatable bonds is 7. The largest absolute Gasteiger partial charge is 0.490 e. The molecule has 24 heavy (non-hydrogen) atoms. The number of methoxy groups -OCH3 is 1. The standard InChI is InChI=1S/C15H20FNO6S/c1-15(14(18)19)5-6-17(10-15)24(20,21)13-9-11(16)3-4-12(13)23-8-7-22-2/h3-4,9H,5-8,10H2,1-2H3,(H,18,19). The van der Waals surface area contributed by atoms with Crippen LogP contribution in [-0.4, -0.2) is 57.2 Å². The van der Waals surface area contributed by atoms with Crippen molar-refractivity contribution in [2.45, 2.75) is 18.2 Å². The predicted octanol–water partition coefficient (Wildman–Crippen LogP) is 1.34. The van der Waals surface area contributed by atoms with Crippen LogP contribution >= 0.6 is 0 Å². The van der Waals surface area contributed by atoms with Gasteiger partial charge in [-0.2, -0.15) is 4.31 Å². The van der Waals surface area contributed by atoms with Gasteiger partial charge in [-0.25, -0.2) is 12.8 Å². The van der Waals surface area contributed by atoms with Gasteiger partial charge in [0.25, 0.3) is 0 Å². The number of hydrogen-bond acceptors (Lipinski definition) is 5. The molecule has 0 radical (unpaired) electrons. The molecule has 1 saturated heterocycles. The van der Waals surface area contributed by atoms with Gasteiger partial charge in [-0.1, -0.05) is 0 Å². The summed E-state index contributed by atoms with van der Waals surface area (Å²) in [5.41, 5.74) is -1.16. The smallest absolute Gasteiger partial charge is 0.310 e. The minimum Gasteiger partial charge on any atom is -0.490 e. The minimum atomic E-state index is -4.07. The third-order valence-electron chi connectivity index (χ3n) is 4.02. The quantitative estimate of drug-likeness (QED) is 0.737. The lowest BCUT2D eigenvalue weighted by Gasteiger charge is -2.21. The van der Waals surface area contributed by atoms with Crippen molar-refractivity contribution >= 4 is 16.0 Å². The summed E-state index contributed by atoms with van der Waals surface area (Å²) in [4.78, 5) is 11.0. The van der Waals surface area contributed by atoms with E-state index < -0.39 is 27.2 Å². The maximum atomic E-state index is 13.6. The van der Waals surface area contributed by atoms with E-state index in [1.807, 2.05) is 0 Å². The summed E-state index contributed by atoms with van der Waals surface area (Å²) in [6.07, 6.45) is 0.191. The van der Waals surface area contributed by atoms with Gasteiger partial charge in [0.2, 0.25) is 10.0 Å². The number of nitrogens with zero attached hydrogens (tertiary/aromatic N) is 1. The number of benzene rings is 1. The molecule has 7 nitrogen and oxygen atoms in total. The van der Waals surface area contributed by atoms with Crippen molar-refractivity contribution in [3.05, 3.63) is 24.0 Å². The molecule has 2 rings (SSSR count). The lowest BCUT2D eigenvalue weighted by Crippen LogP contribution is -2.35. The number of carboxylic acid groups (broad SMARTS) is 1. The van der Waals surface area contributed by atoms with Crippen LogP contribution in [0, 0.1) is 11.2 Å². The molecular formula is C15H20FNO6S. The first-order valence-corrected chi connectivity index (χ1v) is 8.79. The highest BCUT2D eigenvalue weighted by Crippen LogP contribution is 2.36. The van der Waals surface area contributed by atoms with Crippen LogP contribution in [0.4, 0.5) is 4.39 Å². The van der Waals surface area contributed by atoms with Crippen LogP contribution in [0.2, 0.25) is 0 Å². The second-order valence-corrected chi connectivity index (χ2v) is 7.79. The lowest BCUT2D eigenvalue weighted by atomic mass is 9.90. The Morgan fingerprint density at radius 1 is 1.42 bits per heavy atom. The molecule has 1 aromatic rings. The van der Waals surface area contributed by atoms with E-state index in [1.165, 1.54) is 20.1 Å². The number of carboxylic acids is 1. The van der Waals surface area contributed by atoms with Crippen LogP contribution in [0.15, 0.2) is 23.1 Å². The van der Waals surface area contributed by atoms with Crippen molar-refractivity contribution in [1.82, 2.24) is 4.31 Å². The molecule has 0 saturated carbocycles. The van der Waals surface area contributed by atoms with Gasteiger partial charge >= 0.3 is 5.97 Å². The third-order valence-corrected chi connectivity index (χ3v) is 5.89. The predicted molar refractivity (Wildman–Crippen MR) is 82.9 cm³/mol. The highest BCUT2D eigenvalue weighted by atomic mass is 32.2. The molecule has 1 unspecified atom stereocenters. The fourth-order valence-corrected chi connectivity index (χ4v) is 4.18. The first-order chi connectivity index (χ1) is 11.2. The van der Waals surface area contributed by atoms with E-state index in [0.29, 0.717) is 0 Å². The van der Waals surface area contributed by atoms with Crippen molar-refractivity contribution in [3.63, 3.8) is 0 Å². The van der Waals surface area contributed by atoms with E-state index in [-0.39, 0.29) is 43.4 Å². The first-order valence-electron chi connectivity index (χ1n) is 7.35. The Balaban J connectivity index is 2.32. The summed E-state index contributed by atoms with van der Waals surface area (Å²) in [6, 6.07) is 3.23. The third kappa shape index (κ3) is 3.68. The van der Waals surface area contributed by atoms with E-state index in [1.54, 1.807) is 0 Å². The maximum absolute atomic E-state index is 13.6. The van der Waals surface area contributed by atoms with Gasteiger partial charge in [-0.15, -0.1) is 0 Å². The maximum Gasteiger partial charge on any atom is 0.310 e. The Kier molecular flexibility index (Phi) is 5.46. The minimum absolute atomic E-state index is 0.0115. The van der Waals surface area contributed by atoms with Gasteiger partial charge in [0.1, 0.15) is 23.1 Å². The zero-order chi connectivity index (χ0) is 18.0. The van der Waals surface area contributed by atoms with Gasteiger partial charge < -0.3 is 14.6 Å². The average Bonchev–Trinajstić information content (AvgIpc) is 2.93. The van der Waals surface area contributed by atoms with Gasteiger partial charge in [0.05, 0.1) is 12.0 Å². The van der Waals surface area contributed by atoms with Crippen molar-refractivity contribution < 1.29 is 32.2 Å². The summed E-state index contributed by atoms with van der Waals surface area (Å²) in [7, 11) is -2.59. The zero-order valence-corrected chi connectivity index (χ0v) is 14.3. The lowest BCUT2D eigenvalue weighted by molar-refractivity contribution is -0.146. The number of ether oxygens (including phenoxy) is 2. The van der Waals surface area contributed by atoms with Crippen LogP contribution in [0.3, 0.4) is 0 Å². The SMILES string of the molecule is COCCOc1ccc(F)cc1S(=O)(=O)N1CCC(C)(C(=O)O)C1. The van der Waals surface area contributed by atoms with Crippen LogP contribution < -0.4 is 4.74 Å². The Labute approximate surface area is 140 Å². The molecule has 1 aromatic carbocycles. The Hall–Kier alpha value is -1.71. The van der Waals surface area contributed by atoms with E-state index in [4.69, 9.17) is 9.47 Å². The van der Waals surface area contributed by atoms with Crippen molar-refractivity contribution in [3.8, 4) is 5.75 Å². The van der Waals surface area contributed by atoms with Gasteiger partial charge in [0.15, 0.2) is 0 Å². The molecule has 0 aliphatic carbocycles. The summed E-state index contributed by atoms with van der Waals surface area (Å²) >= 11 is 0. The second kappa shape index (κ2) is 7.04. The Morgan fingerprint density at radius 3 is 2.71 bits per heavy atom. The number of hydrogen-bond donors (Lipinski definition) is 1. The van der Waals surface area contributed by atoms with Crippen molar-refractivity contribution in [2.24, 2.45) is 5.41 Å². The van der Waals surface area contributed by atoms with Crippen molar-refractivity contribution in [2.75, 3.05) is 33.4 Å². The zero-order valence-electron chi connectivity index (χ0n) is 13.5. The van der Waals surface area contributed by atoms with Crippen LogP contribution in [0.1, 0.15) is 13.3 Å². The number of sulfonamides is 1. The van der Waals surface area contributed by atoms with Crippen LogP contribution in [-0.2, 0) is 19.6 Å². The molecule has 0 amide bonds. The number of aliphatic carboxylic acids is 1. The summed E-state index contributed by atoms with van der Waals surface area (Å²) < 4.78 is 50.4. The Morgan fingerprint density at radius 2 is 2.12 bits per heavy atom. The second-order valence-electron chi connectivity index (χ2n) is 5.89. The Bertz CT molecular complexity index is 723.